The van der Waals surface area contributed by atoms with E-state index >= 15 is 0 Å². The first-order valence-electron chi connectivity index (χ1n) is 7.09. The first-order chi connectivity index (χ1) is 10.8. The van der Waals surface area contributed by atoms with Gasteiger partial charge in [-0.25, -0.2) is 4.79 Å². The molecule has 6 heteroatoms. The van der Waals surface area contributed by atoms with Crippen molar-refractivity contribution < 1.29 is 19.9 Å². The van der Waals surface area contributed by atoms with E-state index in [1.165, 1.54) is 19.1 Å². The van der Waals surface area contributed by atoms with Gasteiger partial charge >= 0.3 is 5.97 Å². The summed E-state index contributed by atoms with van der Waals surface area (Å²) in [4.78, 5) is 21.1. The highest BCUT2D eigenvalue weighted by molar-refractivity contribution is 5.76. The zero-order chi connectivity index (χ0) is 17.0. The summed E-state index contributed by atoms with van der Waals surface area (Å²) in [5, 5.41) is 29.2. The molecule has 1 unspecified atom stereocenters. The Morgan fingerprint density at radius 1 is 1.09 bits per heavy atom. The molecule has 0 radical (unpaired) electrons. The lowest BCUT2D eigenvalue weighted by Crippen LogP contribution is -2.35. The number of hydrogen-bond acceptors (Lipinski definition) is 4. The summed E-state index contributed by atoms with van der Waals surface area (Å²) in [7, 11) is 0. The number of nitro groups is 1. The Hall–Kier alpha value is -2.73. The molecule has 23 heavy (non-hydrogen) atoms. The molecule has 0 saturated carbocycles. The second kappa shape index (κ2) is 6.58. The Balaban J connectivity index is 2.07. The van der Waals surface area contributed by atoms with Gasteiger partial charge in [-0.05, 0) is 48.6 Å². The number of benzene rings is 2. The maximum atomic E-state index is 10.9. The van der Waals surface area contributed by atoms with Gasteiger partial charge in [0, 0.05) is 12.1 Å². The molecule has 0 aliphatic rings. The van der Waals surface area contributed by atoms with Crippen molar-refractivity contribution in [2.75, 3.05) is 0 Å². The SMILES string of the molecule is CC(O)(CCc1ccc(-c2ccc([N+](=O)[O-])cc2)cc1)C(=O)O. The number of nitrogens with zero attached hydrogens (tertiary/aromatic N) is 1. The molecule has 0 bridgehead atoms. The Labute approximate surface area is 133 Å². The van der Waals surface area contributed by atoms with Crippen LogP contribution in [0.5, 0.6) is 0 Å². The van der Waals surface area contributed by atoms with Crippen LogP contribution < -0.4 is 0 Å². The molecule has 0 saturated heterocycles. The number of hydrogen-bond donors (Lipinski definition) is 2. The topological polar surface area (TPSA) is 101 Å². The first-order valence-corrected chi connectivity index (χ1v) is 7.09. The van der Waals surface area contributed by atoms with Gasteiger partial charge in [0.25, 0.3) is 5.69 Å². The van der Waals surface area contributed by atoms with Crippen molar-refractivity contribution in [1.82, 2.24) is 0 Å². The van der Waals surface area contributed by atoms with Gasteiger partial charge in [0.15, 0.2) is 5.60 Å². The molecule has 6 nitrogen and oxygen atoms in total. The van der Waals surface area contributed by atoms with E-state index in [0.29, 0.717) is 6.42 Å². The fraction of sp³-hybridized carbons (Fsp3) is 0.235. The van der Waals surface area contributed by atoms with Crippen molar-refractivity contribution in [2.24, 2.45) is 0 Å². The number of carboxylic acids is 1. The molecule has 0 fully saturated rings. The van der Waals surface area contributed by atoms with Crippen LogP contribution in [0.2, 0.25) is 0 Å². The molecule has 0 aliphatic carbocycles. The molecule has 1 atom stereocenters. The van der Waals surface area contributed by atoms with E-state index in [0.717, 1.165) is 16.7 Å². The molecule has 0 aromatic heterocycles. The third-order valence-corrected chi connectivity index (χ3v) is 3.73. The summed E-state index contributed by atoms with van der Waals surface area (Å²) in [6.07, 6.45) is 0.569. The van der Waals surface area contributed by atoms with E-state index in [1.807, 2.05) is 24.3 Å². The van der Waals surface area contributed by atoms with Crippen LogP contribution in [-0.4, -0.2) is 26.7 Å². The van der Waals surface area contributed by atoms with Crippen LogP contribution in [0.3, 0.4) is 0 Å². The number of aliphatic carboxylic acids is 1. The lowest BCUT2D eigenvalue weighted by Gasteiger charge is -2.17. The van der Waals surface area contributed by atoms with Gasteiger partial charge in [0.1, 0.15) is 0 Å². The standard InChI is InChI=1S/C17H17NO5/c1-17(21,16(19)20)11-10-12-2-4-13(5-3-12)14-6-8-15(9-7-14)18(22)23/h2-9,21H,10-11H2,1H3,(H,19,20). The number of non-ortho nitro benzene ring substituents is 1. The molecule has 0 spiro atoms. The van der Waals surface area contributed by atoms with Crippen LogP contribution in [0.4, 0.5) is 5.69 Å². The Morgan fingerprint density at radius 3 is 2.00 bits per heavy atom. The fourth-order valence-electron chi connectivity index (χ4n) is 2.13. The molecule has 2 aromatic carbocycles. The van der Waals surface area contributed by atoms with Gasteiger partial charge < -0.3 is 10.2 Å². The van der Waals surface area contributed by atoms with Crippen LogP contribution in [0, 0.1) is 10.1 Å². The molecular formula is C17H17NO5. The predicted octanol–water partition coefficient (Wildman–Crippen LogP) is 3.03. The normalized spacial score (nSPS) is 13.3. The minimum Gasteiger partial charge on any atom is -0.479 e. The van der Waals surface area contributed by atoms with Gasteiger partial charge in [-0.3, -0.25) is 10.1 Å². The van der Waals surface area contributed by atoms with Crippen molar-refractivity contribution in [3.63, 3.8) is 0 Å². The first kappa shape index (κ1) is 16.6. The largest absolute Gasteiger partial charge is 0.479 e. The zero-order valence-electron chi connectivity index (χ0n) is 12.6. The van der Waals surface area contributed by atoms with Crippen molar-refractivity contribution in [2.45, 2.75) is 25.4 Å². The maximum absolute atomic E-state index is 10.9. The van der Waals surface area contributed by atoms with Crippen LogP contribution in [0.15, 0.2) is 48.5 Å². The Bertz CT molecular complexity index is 705. The van der Waals surface area contributed by atoms with Crippen molar-refractivity contribution in [3.05, 3.63) is 64.2 Å². The van der Waals surface area contributed by atoms with E-state index in [4.69, 9.17) is 5.11 Å². The number of carboxylic acid groups (broad SMARTS) is 1. The number of nitro benzene ring substituents is 1. The smallest absolute Gasteiger partial charge is 0.335 e. The van der Waals surface area contributed by atoms with Crippen LogP contribution in [-0.2, 0) is 11.2 Å². The van der Waals surface area contributed by atoms with E-state index in [9.17, 15) is 20.0 Å². The quantitative estimate of drug-likeness (QED) is 0.630. The number of rotatable bonds is 6. The molecule has 0 amide bonds. The molecule has 2 N–H and O–H groups in total. The highest BCUT2D eigenvalue weighted by atomic mass is 16.6. The van der Waals surface area contributed by atoms with Gasteiger partial charge in [-0.1, -0.05) is 24.3 Å². The average molecular weight is 315 g/mol. The lowest BCUT2D eigenvalue weighted by molar-refractivity contribution is -0.384. The third kappa shape index (κ3) is 4.14. The summed E-state index contributed by atoms with van der Waals surface area (Å²) < 4.78 is 0. The molecule has 120 valence electrons. The van der Waals surface area contributed by atoms with Gasteiger partial charge in [-0.2, -0.15) is 0 Å². The number of carbonyl (C=O) groups is 1. The minimum atomic E-state index is -1.74. The third-order valence-electron chi connectivity index (χ3n) is 3.73. The average Bonchev–Trinajstić information content (AvgIpc) is 2.53. The monoisotopic (exact) mass is 315 g/mol. The minimum absolute atomic E-state index is 0.0428. The van der Waals surface area contributed by atoms with E-state index < -0.39 is 16.5 Å². The lowest BCUT2D eigenvalue weighted by atomic mass is 9.96. The highest BCUT2D eigenvalue weighted by Crippen LogP contribution is 2.23. The second-order valence-corrected chi connectivity index (χ2v) is 5.58. The molecule has 0 heterocycles. The van der Waals surface area contributed by atoms with Gasteiger partial charge in [0.2, 0.25) is 0 Å². The van der Waals surface area contributed by atoms with E-state index in [1.54, 1.807) is 12.1 Å². The number of aryl methyl sites for hydroxylation is 1. The summed E-state index contributed by atoms with van der Waals surface area (Å²) in [6, 6.07) is 13.7. The van der Waals surface area contributed by atoms with Crippen LogP contribution in [0.25, 0.3) is 11.1 Å². The molecule has 0 aliphatic heterocycles. The number of aliphatic hydroxyl groups is 1. The zero-order valence-corrected chi connectivity index (χ0v) is 12.6. The predicted molar refractivity (Wildman–Crippen MR) is 85.1 cm³/mol. The maximum Gasteiger partial charge on any atom is 0.335 e. The fourth-order valence-corrected chi connectivity index (χ4v) is 2.13. The van der Waals surface area contributed by atoms with Crippen LogP contribution >= 0.6 is 0 Å². The summed E-state index contributed by atoms with van der Waals surface area (Å²) in [6.45, 7) is 1.28. The molecule has 2 rings (SSSR count). The summed E-state index contributed by atoms with van der Waals surface area (Å²) >= 11 is 0. The van der Waals surface area contributed by atoms with Gasteiger partial charge in [-0.15, -0.1) is 0 Å². The van der Waals surface area contributed by atoms with Crippen molar-refractivity contribution in [1.29, 1.82) is 0 Å². The van der Waals surface area contributed by atoms with E-state index in [2.05, 4.69) is 0 Å². The Morgan fingerprint density at radius 2 is 1.57 bits per heavy atom. The van der Waals surface area contributed by atoms with Gasteiger partial charge in [0.05, 0.1) is 4.92 Å². The van der Waals surface area contributed by atoms with Crippen molar-refractivity contribution >= 4 is 11.7 Å². The molecule has 2 aromatic rings. The van der Waals surface area contributed by atoms with Crippen LogP contribution in [0.1, 0.15) is 18.9 Å². The van der Waals surface area contributed by atoms with E-state index in [-0.39, 0.29) is 12.1 Å². The summed E-state index contributed by atoms with van der Waals surface area (Å²) in [5.74, 6) is -1.24. The molecular weight excluding hydrogens is 298 g/mol. The summed E-state index contributed by atoms with van der Waals surface area (Å²) in [5.41, 5.74) is 0.989. The van der Waals surface area contributed by atoms with Crippen molar-refractivity contribution in [3.8, 4) is 11.1 Å². The second-order valence-electron chi connectivity index (χ2n) is 5.58. The Kier molecular flexibility index (Phi) is 4.76. The highest BCUT2D eigenvalue weighted by Gasteiger charge is 2.29.